The lowest BCUT2D eigenvalue weighted by Gasteiger charge is -2.37. The zero-order valence-corrected chi connectivity index (χ0v) is 26.3. The third kappa shape index (κ3) is 19.3. The smallest absolute Gasteiger partial charge is 0.377 e. The van der Waals surface area contributed by atoms with Gasteiger partial charge in [0.05, 0.1) is 27.7 Å². The molecule has 0 aliphatic rings. The molecule has 0 rings (SSSR count). The minimum atomic E-state index is -4.86. The van der Waals surface area contributed by atoms with Crippen molar-refractivity contribution in [2.24, 2.45) is 0 Å². The van der Waals surface area contributed by atoms with Gasteiger partial charge >= 0.3 is 8.17 Å². The van der Waals surface area contributed by atoms with Crippen molar-refractivity contribution in [3.63, 3.8) is 0 Å². The second-order valence-electron chi connectivity index (χ2n) is 11.7. The number of quaternary nitrogens is 1. The van der Waals surface area contributed by atoms with E-state index in [1.165, 1.54) is 57.8 Å². The average Bonchev–Trinajstić information content (AvgIpc) is 2.88. The average molecular weight is 595 g/mol. The Balaban J connectivity index is 4.95. The van der Waals surface area contributed by atoms with E-state index < -0.39 is 45.4 Å². The number of phosphoric ester groups is 1. The number of aldehydes is 1. The van der Waals surface area contributed by atoms with Gasteiger partial charge in [-0.25, -0.2) is 0 Å². The highest BCUT2D eigenvalue weighted by Crippen LogP contribution is 2.50. The Hall–Kier alpha value is -0.840. The Morgan fingerprint density at radius 3 is 1.77 bits per heavy atom. The topological polar surface area (TPSA) is 153 Å². The molecular weight excluding hydrogens is 537 g/mol. The Morgan fingerprint density at radius 1 is 0.850 bits per heavy atom. The zero-order chi connectivity index (χ0) is 30.4. The van der Waals surface area contributed by atoms with Crippen LogP contribution in [0.4, 0.5) is 0 Å². The number of phosphoric acid groups is 1. The third-order valence-electron chi connectivity index (χ3n) is 6.93. The molecule has 11 heteroatoms. The van der Waals surface area contributed by atoms with E-state index in [-0.39, 0.29) is 35.9 Å². The van der Waals surface area contributed by atoms with E-state index in [0.717, 1.165) is 19.3 Å². The first kappa shape index (κ1) is 39.2. The summed E-state index contributed by atoms with van der Waals surface area (Å²) >= 11 is 0. The molecule has 236 valence electrons. The van der Waals surface area contributed by atoms with Crippen LogP contribution in [0, 0.1) is 0 Å². The number of aliphatic hydroxyl groups excluding tert-OH is 2. The maximum absolute atomic E-state index is 13.4. The first-order valence-electron chi connectivity index (χ1n) is 15.1. The lowest BCUT2D eigenvalue weighted by Crippen LogP contribution is -2.59. The normalized spacial score (nSPS) is 15.8. The number of Topliss-reactive ketones (excluding diaryl/α,β-unsaturated/α-hetero) is 2. The van der Waals surface area contributed by atoms with E-state index in [1.54, 1.807) is 21.1 Å². The van der Waals surface area contributed by atoms with Crippen molar-refractivity contribution < 1.29 is 47.9 Å². The predicted molar refractivity (Wildman–Crippen MR) is 155 cm³/mol. The minimum absolute atomic E-state index is 0.0133. The molecule has 3 N–H and O–H groups in total. The second kappa shape index (κ2) is 22.7. The van der Waals surface area contributed by atoms with Crippen molar-refractivity contribution in [2.75, 3.05) is 34.4 Å². The Kier molecular flexibility index (Phi) is 22.2. The zero-order valence-electron chi connectivity index (χ0n) is 25.4. The maximum atomic E-state index is 13.4. The lowest BCUT2D eigenvalue weighted by molar-refractivity contribution is -0.888. The van der Waals surface area contributed by atoms with Crippen LogP contribution >= 0.6 is 8.17 Å². The number of hydrogen-bond donors (Lipinski definition) is 3. The maximum Gasteiger partial charge on any atom is 0.377 e. The van der Waals surface area contributed by atoms with Crippen LogP contribution in [0.5, 0.6) is 0 Å². The Bertz CT molecular complexity index is 685. The molecule has 0 aromatic carbocycles. The first-order valence-corrected chi connectivity index (χ1v) is 16.6. The van der Waals surface area contributed by atoms with Gasteiger partial charge < -0.3 is 24.4 Å². The van der Waals surface area contributed by atoms with Gasteiger partial charge in [0.1, 0.15) is 19.0 Å². The van der Waals surface area contributed by atoms with Crippen LogP contribution in [0.25, 0.3) is 0 Å². The molecule has 3 unspecified atom stereocenters. The molecule has 0 aliphatic carbocycles. The number of likely N-dealkylation sites (N-methyl/N-ethyl adjacent to an activating group) is 1. The summed E-state index contributed by atoms with van der Waals surface area (Å²) in [5, 5.41) is 18.4. The molecule has 0 heterocycles. The van der Waals surface area contributed by atoms with E-state index in [1.807, 2.05) is 0 Å². The van der Waals surface area contributed by atoms with Crippen molar-refractivity contribution in [3.8, 4) is 0 Å². The van der Waals surface area contributed by atoms with Gasteiger partial charge in [-0.1, -0.05) is 84.0 Å². The number of aliphatic hydroxyl groups is 2. The van der Waals surface area contributed by atoms with Crippen LogP contribution in [-0.4, -0.2) is 90.0 Å². The standard InChI is InChI=1S/C29H56NO9P/c1-5-6-7-8-9-10-11-12-13-14-15-16-17-20-26(34)28(30(2,3)4)29(27(35)21-18-19-22-31)39-40(36,37)38-24-25(33)23-32/h22,25,28-29,32-33H,5-21,23-24H2,1-4H3/p+1/t25-,28?,29?/m1/s1. The molecule has 40 heavy (non-hydrogen) atoms. The van der Waals surface area contributed by atoms with E-state index in [4.69, 9.17) is 14.2 Å². The van der Waals surface area contributed by atoms with Crippen LogP contribution in [0.15, 0.2) is 0 Å². The molecule has 0 spiro atoms. The SMILES string of the molecule is CCCCCCCCCCCCCCCC(=O)C(C(O[P+]([O-])(O)OC[C@H](O)CO)C(=O)CCCC=O)[N+](C)(C)C. The molecule has 0 amide bonds. The quantitative estimate of drug-likeness (QED) is 0.0531. The Morgan fingerprint density at radius 2 is 1.32 bits per heavy atom. The minimum Gasteiger partial charge on any atom is -0.606 e. The fourth-order valence-corrected chi connectivity index (χ4v) is 5.61. The molecule has 10 nitrogen and oxygen atoms in total. The van der Waals surface area contributed by atoms with E-state index in [0.29, 0.717) is 12.7 Å². The summed E-state index contributed by atoms with van der Waals surface area (Å²) in [5.74, 6) is -0.820. The molecular formula is C29H57NO9P+. The van der Waals surface area contributed by atoms with Crippen molar-refractivity contribution in [1.29, 1.82) is 0 Å². The predicted octanol–water partition coefficient (Wildman–Crippen LogP) is 3.84. The van der Waals surface area contributed by atoms with E-state index in [9.17, 15) is 29.3 Å². The molecule has 0 aromatic heterocycles. The molecule has 0 aromatic rings. The molecule has 0 radical (unpaired) electrons. The van der Waals surface area contributed by atoms with Crippen molar-refractivity contribution in [3.05, 3.63) is 0 Å². The highest BCUT2D eigenvalue weighted by molar-refractivity contribution is 7.52. The number of carbonyl (C=O) groups is 3. The summed E-state index contributed by atoms with van der Waals surface area (Å²) in [6, 6.07) is -1.06. The molecule has 0 saturated carbocycles. The summed E-state index contributed by atoms with van der Waals surface area (Å²) in [7, 11) is 0.270. The van der Waals surface area contributed by atoms with Gasteiger partial charge in [-0.15, -0.1) is 0 Å². The number of hydrogen-bond acceptors (Lipinski definition) is 9. The summed E-state index contributed by atoms with van der Waals surface area (Å²) in [6.07, 6.45) is 13.4. The largest absolute Gasteiger partial charge is 0.606 e. The van der Waals surface area contributed by atoms with Gasteiger partial charge in [0.15, 0.2) is 17.6 Å². The summed E-state index contributed by atoms with van der Waals surface area (Å²) < 4.78 is 10.0. The molecule has 4 atom stereocenters. The van der Waals surface area contributed by atoms with Gasteiger partial charge in [-0.3, -0.25) is 9.59 Å². The Labute approximate surface area is 242 Å². The number of carbonyl (C=O) groups excluding carboxylic acids is 3. The van der Waals surface area contributed by atoms with Crippen molar-refractivity contribution in [1.82, 2.24) is 0 Å². The molecule has 0 aliphatic heterocycles. The number of rotatable bonds is 28. The highest BCUT2D eigenvalue weighted by Gasteiger charge is 2.49. The van der Waals surface area contributed by atoms with Crippen LogP contribution < -0.4 is 4.89 Å². The summed E-state index contributed by atoms with van der Waals surface area (Å²) in [6.45, 7) is 0.859. The van der Waals surface area contributed by atoms with Crippen LogP contribution in [0.3, 0.4) is 0 Å². The first-order chi connectivity index (χ1) is 18.9. The molecule has 0 bridgehead atoms. The van der Waals surface area contributed by atoms with E-state index in [2.05, 4.69) is 6.92 Å². The van der Waals surface area contributed by atoms with Gasteiger partial charge in [-0.05, 0) is 12.8 Å². The van der Waals surface area contributed by atoms with Crippen LogP contribution in [0.2, 0.25) is 0 Å². The van der Waals surface area contributed by atoms with Crippen molar-refractivity contribution in [2.45, 2.75) is 134 Å². The molecule has 0 fully saturated rings. The lowest BCUT2D eigenvalue weighted by atomic mass is 9.93. The van der Waals surface area contributed by atoms with Gasteiger partial charge in [0.2, 0.25) is 6.10 Å². The monoisotopic (exact) mass is 594 g/mol. The fourth-order valence-electron chi connectivity index (χ4n) is 4.67. The van der Waals surface area contributed by atoms with Gasteiger partial charge in [-0.2, -0.15) is 13.9 Å². The second-order valence-corrected chi connectivity index (χ2v) is 13.1. The third-order valence-corrected chi connectivity index (χ3v) is 7.90. The van der Waals surface area contributed by atoms with Gasteiger partial charge in [0.25, 0.3) is 0 Å². The summed E-state index contributed by atoms with van der Waals surface area (Å²) in [5.41, 5.74) is 0. The fraction of sp³-hybridized carbons (Fsp3) is 0.897. The number of unbranched alkanes of at least 4 members (excludes halogenated alkanes) is 13. The van der Waals surface area contributed by atoms with Crippen molar-refractivity contribution >= 4 is 26.0 Å². The molecule has 0 saturated heterocycles. The number of ketones is 2. The summed E-state index contributed by atoms with van der Waals surface area (Å²) in [4.78, 5) is 60.0. The van der Waals surface area contributed by atoms with E-state index >= 15 is 0 Å². The number of nitrogens with zero attached hydrogens (tertiary/aromatic N) is 1. The highest BCUT2D eigenvalue weighted by atomic mass is 31.2. The van der Waals surface area contributed by atoms with Crippen LogP contribution in [0.1, 0.15) is 116 Å². The van der Waals surface area contributed by atoms with Crippen LogP contribution in [-0.2, 0) is 23.4 Å². The van der Waals surface area contributed by atoms with Gasteiger partial charge in [0, 0.05) is 19.3 Å².